The number of aliphatic hydroxyl groups excluding tert-OH is 2. The molecular formula is C4H10N2O2. The van der Waals surface area contributed by atoms with Gasteiger partial charge >= 0.3 is 0 Å². The van der Waals surface area contributed by atoms with Crippen LogP contribution in [0.1, 0.15) is 0 Å². The molecule has 8 heavy (non-hydrogen) atoms. The minimum absolute atomic E-state index is 0.0197. The molecule has 0 aromatic carbocycles. The molecule has 1 saturated heterocycles. The van der Waals surface area contributed by atoms with Crippen LogP contribution in [-0.2, 0) is 0 Å². The first-order chi connectivity index (χ1) is 3.84. The first-order valence-electron chi connectivity index (χ1n) is 2.62. The Balaban J connectivity index is 2.30. The Labute approximate surface area is 47.5 Å². The molecule has 0 amide bonds. The molecule has 0 aromatic rings. The first-order valence-corrected chi connectivity index (χ1v) is 2.62. The molecule has 4 nitrogen and oxygen atoms in total. The van der Waals surface area contributed by atoms with Gasteiger partial charge in [-0.1, -0.05) is 0 Å². The summed E-state index contributed by atoms with van der Waals surface area (Å²) in [5.74, 6) is 0. The summed E-state index contributed by atoms with van der Waals surface area (Å²) in [6.45, 7) is 0.499. The highest BCUT2D eigenvalue weighted by atomic mass is 16.3. The largest absolute Gasteiger partial charge is 0.395 e. The Kier molecular flexibility index (Phi) is 1.80. The first kappa shape index (κ1) is 5.97. The third-order valence-electron chi connectivity index (χ3n) is 1.26. The van der Waals surface area contributed by atoms with E-state index in [-0.39, 0.29) is 12.6 Å². The molecule has 4 heteroatoms. The molecule has 4 N–H and O–H groups in total. The third kappa shape index (κ3) is 0.976. The Morgan fingerprint density at radius 2 is 2.38 bits per heavy atom. The van der Waals surface area contributed by atoms with E-state index in [1.807, 2.05) is 0 Å². The highest BCUT2D eigenvalue weighted by molar-refractivity contribution is 4.80. The van der Waals surface area contributed by atoms with Crippen molar-refractivity contribution in [3.8, 4) is 0 Å². The van der Waals surface area contributed by atoms with Gasteiger partial charge in [-0.15, -0.1) is 0 Å². The summed E-state index contributed by atoms with van der Waals surface area (Å²) in [5, 5.41) is 17.4. The van der Waals surface area contributed by atoms with Crippen LogP contribution in [0.5, 0.6) is 0 Å². The molecule has 1 aliphatic heterocycles. The van der Waals surface area contributed by atoms with Gasteiger partial charge < -0.3 is 10.2 Å². The maximum Gasteiger partial charge on any atom is 0.0867 e. The molecule has 0 bridgehead atoms. The lowest BCUT2D eigenvalue weighted by atomic mass is 10.2. The summed E-state index contributed by atoms with van der Waals surface area (Å²) < 4.78 is 0. The van der Waals surface area contributed by atoms with Gasteiger partial charge in [-0.2, -0.15) is 0 Å². The van der Waals surface area contributed by atoms with E-state index in [0.717, 1.165) is 0 Å². The van der Waals surface area contributed by atoms with Gasteiger partial charge in [0.05, 0.1) is 18.8 Å². The SMILES string of the molecule is OC[C@H]1NNCC1O. The fourth-order valence-corrected chi connectivity index (χ4v) is 0.700. The zero-order valence-electron chi connectivity index (χ0n) is 4.46. The Bertz CT molecular complexity index is 78.4. The van der Waals surface area contributed by atoms with Gasteiger partial charge in [0.1, 0.15) is 0 Å². The lowest BCUT2D eigenvalue weighted by molar-refractivity contribution is 0.129. The molecule has 0 saturated carbocycles. The minimum Gasteiger partial charge on any atom is -0.395 e. The van der Waals surface area contributed by atoms with Crippen LogP contribution >= 0.6 is 0 Å². The molecule has 1 rings (SSSR count). The van der Waals surface area contributed by atoms with Crippen molar-refractivity contribution in [3.05, 3.63) is 0 Å². The average molecular weight is 118 g/mol. The van der Waals surface area contributed by atoms with Crippen LogP contribution in [0.25, 0.3) is 0 Å². The van der Waals surface area contributed by atoms with Crippen molar-refractivity contribution in [3.63, 3.8) is 0 Å². The van der Waals surface area contributed by atoms with Crippen molar-refractivity contribution in [2.45, 2.75) is 12.1 Å². The summed E-state index contributed by atoms with van der Waals surface area (Å²) in [6.07, 6.45) is -0.444. The fourth-order valence-electron chi connectivity index (χ4n) is 0.700. The van der Waals surface area contributed by atoms with Crippen LogP contribution in [0, 0.1) is 0 Å². The summed E-state index contributed by atoms with van der Waals surface area (Å²) in [6, 6.07) is -0.185. The molecule has 0 aliphatic carbocycles. The predicted molar refractivity (Wildman–Crippen MR) is 28.0 cm³/mol. The predicted octanol–water partition coefficient (Wildman–Crippen LogP) is -2.18. The van der Waals surface area contributed by atoms with Crippen molar-refractivity contribution < 1.29 is 10.2 Å². The number of rotatable bonds is 1. The zero-order valence-corrected chi connectivity index (χ0v) is 4.46. The minimum atomic E-state index is -0.444. The van der Waals surface area contributed by atoms with Crippen molar-refractivity contribution >= 4 is 0 Å². The maximum absolute atomic E-state index is 8.90. The number of hydrogen-bond donors (Lipinski definition) is 4. The van der Waals surface area contributed by atoms with Gasteiger partial charge in [-0.05, 0) is 0 Å². The van der Waals surface area contributed by atoms with E-state index in [9.17, 15) is 0 Å². The molecule has 1 aliphatic rings. The monoisotopic (exact) mass is 118 g/mol. The van der Waals surface area contributed by atoms with Gasteiger partial charge in [0, 0.05) is 6.54 Å². The maximum atomic E-state index is 8.90. The lowest BCUT2D eigenvalue weighted by Gasteiger charge is -2.07. The van der Waals surface area contributed by atoms with E-state index in [4.69, 9.17) is 10.2 Å². The van der Waals surface area contributed by atoms with E-state index >= 15 is 0 Å². The van der Waals surface area contributed by atoms with E-state index in [1.165, 1.54) is 0 Å². The van der Waals surface area contributed by atoms with E-state index in [0.29, 0.717) is 6.54 Å². The van der Waals surface area contributed by atoms with Crippen molar-refractivity contribution in [2.75, 3.05) is 13.2 Å². The van der Waals surface area contributed by atoms with E-state index < -0.39 is 6.10 Å². The Morgan fingerprint density at radius 3 is 2.62 bits per heavy atom. The average Bonchev–Trinajstić information content (AvgIpc) is 2.14. The molecule has 0 radical (unpaired) electrons. The summed E-state index contributed by atoms with van der Waals surface area (Å²) in [5.41, 5.74) is 5.42. The van der Waals surface area contributed by atoms with E-state index in [2.05, 4.69) is 10.9 Å². The number of hydrazine groups is 1. The number of β-amino-alcohol motifs (C(OH)–C–C–N with tert-alkyl or cyclic N) is 1. The van der Waals surface area contributed by atoms with Crippen molar-refractivity contribution in [2.24, 2.45) is 0 Å². The zero-order chi connectivity index (χ0) is 5.98. The molecular weight excluding hydrogens is 108 g/mol. The van der Waals surface area contributed by atoms with Crippen molar-refractivity contribution in [1.29, 1.82) is 0 Å². The highest BCUT2D eigenvalue weighted by Crippen LogP contribution is 1.94. The topological polar surface area (TPSA) is 64.5 Å². The summed E-state index contributed by atoms with van der Waals surface area (Å²) in [7, 11) is 0. The molecule has 1 unspecified atom stereocenters. The third-order valence-corrected chi connectivity index (χ3v) is 1.26. The second-order valence-electron chi connectivity index (χ2n) is 1.88. The summed E-state index contributed by atoms with van der Waals surface area (Å²) in [4.78, 5) is 0. The van der Waals surface area contributed by atoms with Gasteiger partial charge in [-0.3, -0.25) is 5.43 Å². The van der Waals surface area contributed by atoms with Crippen LogP contribution in [-0.4, -0.2) is 35.5 Å². The van der Waals surface area contributed by atoms with Crippen LogP contribution in [0.3, 0.4) is 0 Å². The van der Waals surface area contributed by atoms with Gasteiger partial charge in [-0.25, -0.2) is 5.43 Å². The molecule has 0 spiro atoms. The van der Waals surface area contributed by atoms with Crippen molar-refractivity contribution in [1.82, 2.24) is 10.9 Å². The van der Waals surface area contributed by atoms with Gasteiger partial charge in [0.25, 0.3) is 0 Å². The smallest absolute Gasteiger partial charge is 0.0867 e. The second kappa shape index (κ2) is 2.41. The second-order valence-corrected chi connectivity index (χ2v) is 1.88. The van der Waals surface area contributed by atoms with Crippen LogP contribution in [0.4, 0.5) is 0 Å². The molecule has 1 fully saturated rings. The number of aliphatic hydroxyl groups is 2. The molecule has 2 atom stereocenters. The quantitative estimate of drug-likeness (QED) is 0.316. The van der Waals surface area contributed by atoms with Crippen LogP contribution in [0.2, 0.25) is 0 Å². The molecule has 1 heterocycles. The van der Waals surface area contributed by atoms with Crippen LogP contribution < -0.4 is 10.9 Å². The van der Waals surface area contributed by atoms with E-state index in [1.54, 1.807) is 0 Å². The summed E-state index contributed by atoms with van der Waals surface area (Å²) >= 11 is 0. The Morgan fingerprint density at radius 1 is 1.62 bits per heavy atom. The lowest BCUT2D eigenvalue weighted by Crippen LogP contribution is -2.36. The molecule has 0 aromatic heterocycles. The number of hydrogen-bond acceptors (Lipinski definition) is 4. The number of nitrogens with one attached hydrogen (secondary N) is 2. The highest BCUT2D eigenvalue weighted by Gasteiger charge is 2.22. The van der Waals surface area contributed by atoms with Gasteiger partial charge in [0.15, 0.2) is 0 Å². The molecule has 48 valence electrons. The normalized spacial score (nSPS) is 38.2. The standard InChI is InChI=1S/C4H10N2O2/c7-2-3-4(8)1-5-6-3/h3-8H,1-2H2/t3-,4?/m1/s1. The van der Waals surface area contributed by atoms with Gasteiger partial charge in [0.2, 0.25) is 0 Å². The fraction of sp³-hybridized carbons (Fsp3) is 1.00. The Hall–Kier alpha value is -0.160. The van der Waals surface area contributed by atoms with Crippen LogP contribution in [0.15, 0.2) is 0 Å².